The van der Waals surface area contributed by atoms with E-state index in [-0.39, 0.29) is 5.88 Å². The summed E-state index contributed by atoms with van der Waals surface area (Å²) in [5.74, 6) is 0.983. The Kier molecular flexibility index (Phi) is 4.04. The van der Waals surface area contributed by atoms with Gasteiger partial charge in [-0.15, -0.1) is 11.6 Å². The summed E-state index contributed by atoms with van der Waals surface area (Å²) in [6, 6.07) is 7.57. The molecule has 3 rings (SSSR count). The number of hydrogen-bond donors (Lipinski definition) is 0. The van der Waals surface area contributed by atoms with E-state index in [1.807, 2.05) is 28.8 Å². The highest BCUT2D eigenvalue weighted by Gasteiger charge is 2.15. The molecule has 0 aliphatic carbocycles. The zero-order valence-electron chi connectivity index (χ0n) is 9.95. The van der Waals surface area contributed by atoms with Gasteiger partial charge in [-0.2, -0.15) is 0 Å². The fraction of sp³-hybridized carbons (Fsp3) is 0.0769. The van der Waals surface area contributed by atoms with Crippen molar-refractivity contribution in [2.75, 3.05) is 0 Å². The molecule has 2 aromatic heterocycles. The third kappa shape index (κ3) is 2.48. The molecule has 0 N–H and O–H groups in total. The highest BCUT2D eigenvalue weighted by atomic mass is 79.9. The fourth-order valence-electron chi connectivity index (χ4n) is 1.99. The fourth-order valence-corrected chi connectivity index (χ4v) is 3.25. The lowest BCUT2D eigenvalue weighted by Crippen LogP contribution is -2.01. The van der Waals surface area contributed by atoms with Gasteiger partial charge in [-0.1, -0.05) is 27.5 Å². The van der Waals surface area contributed by atoms with Crippen molar-refractivity contribution in [1.29, 1.82) is 0 Å². The topological polar surface area (TPSA) is 30.7 Å². The Morgan fingerprint density at radius 1 is 1.15 bits per heavy atom. The average molecular weight is 436 g/mol. The molecule has 0 amide bonds. The van der Waals surface area contributed by atoms with Crippen LogP contribution in [0.2, 0.25) is 5.02 Å². The van der Waals surface area contributed by atoms with E-state index in [1.165, 1.54) is 0 Å². The minimum Gasteiger partial charge on any atom is -0.278 e. The van der Waals surface area contributed by atoms with Crippen LogP contribution in [-0.4, -0.2) is 14.5 Å². The number of aromatic nitrogens is 3. The molecule has 0 bridgehead atoms. The first kappa shape index (κ1) is 14.3. The molecule has 102 valence electrons. The highest BCUT2D eigenvalue weighted by Crippen LogP contribution is 2.29. The minimum atomic E-state index is 0.278. The summed E-state index contributed by atoms with van der Waals surface area (Å²) in [6.45, 7) is 0. The molecule has 0 saturated carbocycles. The van der Waals surface area contributed by atoms with Crippen molar-refractivity contribution in [3.8, 4) is 5.69 Å². The molecule has 0 fully saturated rings. The van der Waals surface area contributed by atoms with Gasteiger partial charge in [0.2, 0.25) is 0 Å². The molecule has 2 heterocycles. The molecule has 20 heavy (non-hydrogen) atoms. The van der Waals surface area contributed by atoms with Crippen molar-refractivity contribution < 1.29 is 0 Å². The first-order valence-corrected chi connectivity index (χ1v) is 8.14. The SMILES string of the molecule is ClCc1nc2cc(Br)cnc2n1-c1ccc(Br)cc1Cl. The minimum absolute atomic E-state index is 0.278. The van der Waals surface area contributed by atoms with Crippen LogP contribution in [0.15, 0.2) is 39.4 Å². The number of benzene rings is 1. The number of halogens is 4. The standard InChI is InChI=1S/C13H7Br2Cl2N3/c14-7-1-2-11(9(17)3-7)20-12(5-16)19-10-4-8(15)6-18-13(10)20/h1-4,6H,5H2. The van der Waals surface area contributed by atoms with Gasteiger partial charge in [-0.05, 0) is 40.2 Å². The second-order valence-corrected chi connectivity index (χ2v) is 6.59. The summed E-state index contributed by atoms with van der Waals surface area (Å²) in [4.78, 5) is 8.91. The van der Waals surface area contributed by atoms with E-state index in [2.05, 4.69) is 41.8 Å². The van der Waals surface area contributed by atoms with Crippen molar-refractivity contribution in [3.05, 3.63) is 50.3 Å². The quantitative estimate of drug-likeness (QED) is 0.509. The van der Waals surface area contributed by atoms with Crippen LogP contribution >= 0.6 is 55.1 Å². The van der Waals surface area contributed by atoms with E-state index in [0.29, 0.717) is 10.8 Å². The lowest BCUT2D eigenvalue weighted by Gasteiger charge is -2.09. The van der Waals surface area contributed by atoms with Crippen LogP contribution in [0.5, 0.6) is 0 Å². The predicted molar refractivity (Wildman–Crippen MR) is 88.8 cm³/mol. The van der Waals surface area contributed by atoms with E-state index < -0.39 is 0 Å². The average Bonchev–Trinajstić information content (AvgIpc) is 2.76. The number of hydrogen-bond acceptors (Lipinski definition) is 2. The Bertz CT molecular complexity index is 802. The second kappa shape index (κ2) is 5.64. The Balaban J connectivity index is 2.34. The molecule has 0 spiro atoms. The van der Waals surface area contributed by atoms with Crippen LogP contribution < -0.4 is 0 Å². The summed E-state index contributed by atoms with van der Waals surface area (Å²) >= 11 is 19.1. The van der Waals surface area contributed by atoms with E-state index in [1.54, 1.807) is 6.20 Å². The van der Waals surface area contributed by atoms with Crippen LogP contribution in [0.1, 0.15) is 5.82 Å². The largest absolute Gasteiger partial charge is 0.278 e. The Hall–Kier alpha value is -0.620. The Morgan fingerprint density at radius 3 is 2.65 bits per heavy atom. The normalized spacial score (nSPS) is 11.2. The van der Waals surface area contributed by atoms with Gasteiger partial charge in [-0.3, -0.25) is 4.57 Å². The molecule has 3 aromatic rings. The first-order valence-electron chi connectivity index (χ1n) is 5.64. The van der Waals surface area contributed by atoms with Gasteiger partial charge in [-0.25, -0.2) is 9.97 Å². The molecular weight excluding hydrogens is 429 g/mol. The van der Waals surface area contributed by atoms with Crippen molar-refractivity contribution in [1.82, 2.24) is 14.5 Å². The maximum Gasteiger partial charge on any atom is 0.164 e. The third-order valence-electron chi connectivity index (χ3n) is 2.80. The lowest BCUT2D eigenvalue weighted by molar-refractivity contribution is 0.969. The third-order valence-corrected chi connectivity index (χ3v) is 4.27. The smallest absolute Gasteiger partial charge is 0.164 e. The second-order valence-electron chi connectivity index (χ2n) is 4.09. The van der Waals surface area contributed by atoms with Crippen LogP contribution in [0, 0.1) is 0 Å². The lowest BCUT2D eigenvalue weighted by atomic mass is 10.3. The number of alkyl halides is 1. The summed E-state index contributed by atoms with van der Waals surface area (Å²) in [6.07, 6.45) is 1.73. The van der Waals surface area contributed by atoms with Gasteiger partial charge in [0.15, 0.2) is 5.65 Å². The van der Waals surface area contributed by atoms with E-state index in [0.717, 1.165) is 25.8 Å². The maximum absolute atomic E-state index is 6.32. The molecule has 7 heteroatoms. The molecule has 0 unspecified atom stereocenters. The maximum atomic E-state index is 6.32. The van der Waals surface area contributed by atoms with Gasteiger partial charge in [0.25, 0.3) is 0 Å². The number of fused-ring (bicyclic) bond motifs is 1. The highest BCUT2D eigenvalue weighted by molar-refractivity contribution is 9.10. The van der Waals surface area contributed by atoms with Crippen molar-refractivity contribution >= 4 is 66.2 Å². The van der Waals surface area contributed by atoms with Gasteiger partial charge in [0.05, 0.1) is 16.6 Å². The number of pyridine rings is 1. The monoisotopic (exact) mass is 433 g/mol. The zero-order valence-corrected chi connectivity index (χ0v) is 14.6. The Labute approximate surface area is 142 Å². The van der Waals surface area contributed by atoms with Gasteiger partial charge >= 0.3 is 0 Å². The van der Waals surface area contributed by atoms with Crippen molar-refractivity contribution in [2.45, 2.75) is 5.88 Å². The van der Waals surface area contributed by atoms with Gasteiger partial charge in [0, 0.05) is 15.1 Å². The van der Waals surface area contributed by atoms with Crippen molar-refractivity contribution in [2.24, 2.45) is 0 Å². The molecule has 0 radical (unpaired) electrons. The molecule has 1 aromatic carbocycles. The molecule has 3 nitrogen and oxygen atoms in total. The number of nitrogens with zero attached hydrogens (tertiary/aromatic N) is 3. The van der Waals surface area contributed by atoms with Gasteiger partial charge < -0.3 is 0 Å². The van der Waals surface area contributed by atoms with E-state index in [4.69, 9.17) is 23.2 Å². The van der Waals surface area contributed by atoms with E-state index in [9.17, 15) is 0 Å². The summed E-state index contributed by atoms with van der Waals surface area (Å²) in [5, 5.41) is 0.606. The summed E-state index contributed by atoms with van der Waals surface area (Å²) < 4.78 is 3.67. The molecule has 0 saturated heterocycles. The van der Waals surface area contributed by atoms with Crippen LogP contribution in [0.25, 0.3) is 16.9 Å². The van der Waals surface area contributed by atoms with Crippen LogP contribution in [0.4, 0.5) is 0 Å². The molecule has 0 atom stereocenters. The molecule has 0 aliphatic heterocycles. The predicted octanol–water partition coefficient (Wildman–Crippen LogP) is 5.34. The summed E-state index contributed by atoms with van der Waals surface area (Å²) in [7, 11) is 0. The number of rotatable bonds is 2. The van der Waals surface area contributed by atoms with Crippen LogP contribution in [0.3, 0.4) is 0 Å². The van der Waals surface area contributed by atoms with E-state index >= 15 is 0 Å². The van der Waals surface area contributed by atoms with Gasteiger partial charge in [0.1, 0.15) is 11.3 Å². The zero-order chi connectivity index (χ0) is 14.3. The van der Waals surface area contributed by atoms with Crippen molar-refractivity contribution in [3.63, 3.8) is 0 Å². The molecule has 0 aliphatic rings. The number of imidazole rings is 1. The van der Waals surface area contributed by atoms with Crippen LogP contribution in [-0.2, 0) is 5.88 Å². The molecular formula is C13H7Br2Cl2N3. The summed E-state index contributed by atoms with van der Waals surface area (Å²) in [5.41, 5.74) is 2.31. The Morgan fingerprint density at radius 2 is 1.95 bits per heavy atom. The first-order chi connectivity index (χ1) is 9.60.